The van der Waals surface area contributed by atoms with Gasteiger partial charge in [0, 0.05) is 6.26 Å². The number of hydrogen-bond acceptors (Lipinski definition) is 8. The van der Waals surface area contributed by atoms with Crippen LogP contribution in [0.4, 0.5) is 0 Å². The molecule has 0 bridgehead atoms. The second kappa shape index (κ2) is 10.4. The number of fused-ring (bicyclic) bond motifs is 1. The molecule has 12 heteroatoms. The van der Waals surface area contributed by atoms with E-state index in [1.807, 2.05) is 0 Å². The Kier molecular flexibility index (Phi) is 7.97. The summed E-state index contributed by atoms with van der Waals surface area (Å²) in [6.45, 7) is 4.87. The highest BCUT2D eigenvalue weighted by Crippen LogP contribution is 2.22. The van der Waals surface area contributed by atoms with Crippen molar-refractivity contribution in [1.29, 1.82) is 0 Å². The number of thiazole rings is 1. The van der Waals surface area contributed by atoms with Crippen molar-refractivity contribution in [3.8, 4) is 0 Å². The Morgan fingerprint density at radius 3 is 2.23 bits per heavy atom. The van der Waals surface area contributed by atoms with Gasteiger partial charge in [-0.25, -0.2) is 16.8 Å². The van der Waals surface area contributed by atoms with Crippen LogP contribution >= 0.6 is 11.3 Å². The van der Waals surface area contributed by atoms with Crippen LogP contribution in [0.1, 0.15) is 26.3 Å². The first-order chi connectivity index (χ1) is 16.3. The number of hydrogen-bond donors (Lipinski definition) is 0. The third-order valence-electron chi connectivity index (χ3n) is 5.12. The molecule has 0 unspecified atom stereocenters. The lowest BCUT2D eigenvalue weighted by molar-refractivity contribution is -0.143. The molecule has 0 atom stereocenters. The number of carbonyl (C=O) groups is 2. The fourth-order valence-electron chi connectivity index (χ4n) is 3.25. The summed E-state index contributed by atoms with van der Waals surface area (Å²) in [5.74, 6) is -1.02. The standard InChI is InChI=1S/C23H26N2O7S3/c1-5-32-22(27)14-25-19-11-10-18(34(4,28)29)13-20(19)33-23(25)24-21(26)12-16-6-8-17(9-7-16)35(30,31)15(2)3/h6-11,13,15H,5,12,14H2,1-4H3. The molecular formula is C23H26N2O7S3. The SMILES string of the molecule is CCOC(=O)Cn1c(=NC(=O)Cc2ccc(S(=O)(=O)C(C)C)cc2)sc2cc(S(C)(=O)=O)ccc21. The number of ether oxygens (including phenoxy) is 1. The molecule has 2 aromatic carbocycles. The number of nitrogens with zero attached hydrogens (tertiary/aromatic N) is 2. The van der Waals surface area contributed by atoms with Crippen LogP contribution in [0.5, 0.6) is 0 Å². The summed E-state index contributed by atoms with van der Waals surface area (Å²) in [6.07, 6.45) is 1.02. The van der Waals surface area contributed by atoms with E-state index in [4.69, 9.17) is 4.74 Å². The smallest absolute Gasteiger partial charge is 0.326 e. The molecule has 0 N–H and O–H groups in total. The van der Waals surface area contributed by atoms with Gasteiger partial charge in [-0.15, -0.1) is 0 Å². The molecular weight excluding hydrogens is 512 g/mol. The monoisotopic (exact) mass is 538 g/mol. The van der Waals surface area contributed by atoms with E-state index in [9.17, 15) is 26.4 Å². The summed E-state index contributed by atoms with van der Waals surface area (Å²) in [6, 6.07) is 10.5. The van der Waals surface area contributed by atoms with Gasteiger partial charge in [-0.2, -0.15) is 4.99 Å². The van der Waals surface area contributed by atoms with Gasteiger partial charge in [-0.1, -0.05) is 23.5 Å². The molecule has 0 spiro atoms. The predicted octanol–water partition coefficient (Wildman–Crippen LogP) is 2.52. The van der Waals surface area contributed by atoms with E-state index in [1.54, 1.807) is 39.0 Å². The normalized spacial score (nSPS) is 12.9. The zero-order valence-corrected chi connectivity index (χ0v) is 22.2. The lowest BCUT2D eigenvalue weighted by Crippen LogP contribution is -2.23. The third kappa shape index (κ3) is 6.24. The first-order valence-corrected chi connectivity index (χ1v) is 15.0. The first-order valence-electron chi connectivity index (χ1n) is 10.7. The van der Waals surface area contributed by atoms with Crippen molar-refractivity contribution in [3.63, 3.8) is 0 Å². The Labute approximate surface area is 207 Å². The molecule has 0 radical (unpaired) electrons. The predicted molar refractivity (Wildman–Crippen MR) is 133 cm³/mol. The molecule has 0 aliphatic carbocycles. The maximum Gasteiger partial charge on any atom is 0.326 e. The third-order valence-corrected chi connectivity index (χ3v) is 9.44. The molecule has 188 valence electrons. The van der Waals surface area contributed by atoms with Crippen molar-refractivity contribution >= 4 is 53.1 Å². The molecule has 3 aromatic rings. The second-order valence-corrected chi connectivity index (χ2v) is 13.6. The lowest BCUT2D eigenvalue weighted by atomic mass is 10.1. The second-order valence-electron chi connectivity index (χ2n) is 8.10. The summed E-state index contributed by atoms with van der Waals surface area (Å²) in [7, 11) is -6.87. The summed E-state index contributed by atoms with van der Waals surface area (Å²) >= 11 is 1.09. The van der Waals surface area contributed by atoms with Crippen molar-refractivity contribution in [1.82, 2.24) is 4.57 Å². The molecule has 1 heterocycles. The van der Waals surface area contributed by atoms with Crippen LogP contribution < -0.4 is 4.80 Å². The molecule has 0 aliphatic heterocycles. The molecule has 35 heavy (non-hydrogen) atoms. The van der Waals surface area contributed by atoms with E-state index >= 15 is 0 Å². The number of esters is 1. The highest BCUT2D eigenvalue weighted by atomic mass is 32.2. The average Bonchev–Trinajstić information content (AvgIpc) is 3.09. The van der Waals surface area contributed by atoms with Gasteiger partial charge in [0.2, 0.25) is 0 Å². The number of carbonyl (C=O) groups excluding carboxylic acids is 2. The first kappa shape index (κ1) is 26.8. The minimum atomic E-state index is -3.45. The molecule has 1 amide bonds. The highest BCUT2D eigenvalue weighted by Gasteiger charge is 2.19. The molecule has 1 aromatic heterocycles. The van der Waals surface area contributed by atoms with Gasteiger partial charge in [0.1, 0.15) is 6.54 Å². The summed E-state index contributed by atoms with van der Waals surface area (Å²) < 4.78 is 55.6. The summed E-state index contributed by atoms with van der Waals surface area (Å²) in [5.41, 5.74) is 1.13. The molecule has 3 rings (SSSR count). The van der Waals surface area contributed by atoms with Crippen LogP contribution in [0.2, 0.25) is 0 Å². The number of rotatable bonds is 8. The quantitative estimate of drug-likeness (QED) is 0.403. The van der Waals surface area contributed by atoms with Gasteiger partial charge < -0.3 is 9.30 Å². The number of aromatic nitrogens is 1. The van der Waals surface area contributed by atoms with Gasteiger partial charge in [0.05, 0.1) is 38.3 Å². The van der Waals surface area contributed by atoms with Crippen LogP contribution in [0, 0.1) is 0 Å². The zero-order valence-electron chi connectivity index (χ0n) is 19.7. The van der Waals surface area contributed by atoms with E-state index < -0.39 is 36.8 Å². The fraction of sp³-hybridized carbons (Fsp3) is 0.348. The van der Waals surface area contributed by atoms with Crippen LogP contribution in [-0.4, -0.2) is 51.4 Å². The van der Waals surface area contributed by atoms with Gasteiger partial charge in [-0.05, 0) is 56.7 Å². The van der Waals surface area contributed by atoms with Crippen molar-refractivity contribution < 1.29 is 31.2 Å². The Balaban J connectivity index is 1.98. The van der Waals surface area contributed by atoms with E-state index in [0.717, 1.165) is 17.6 Å². The Morgan fingerprint density at radius 1 is 1.03 bits per heavy atom. The van der Waals surface area contributed by atoms with Crippen LogP contribution in [-0.2, 0) is 47.0 Å². The minimum Gasteiger partial charge on any atom is -0.465 e. The maximum atomic E-state index is 12.7. The van der Waals surface area contributed by atoms with Crippen molar-refractivity contribution in [2.75, 3.05) is 12.9 Å². The van der Waals surface area contributed by atoms with E-state index in [-0.39, 0.29) is 34.2 Å². The number of sulfone groups is 2. The highest BCUT2D eigenvalue weighted by molar-refractivity contribution is 7.92. The largest absolute Gasteiger partial charge is 0.465 e. The maximum absolute atomic E-state index is 12.7. The molecule has 0 saturated heterocycles. The van der Waals surface area contributed by atoms with Crippen LogP contribution in [0.3, 0.4) is 0 Å². The van der Waals surface area contributed by atoms with Gasteiger partial charge in [0.25, 0.3) is 5.91 Å². The van der Waals surface area contributed by atoms with E-state index in [2.05, 4.69) is 4.99 Å². The minimum absolute atomic E-state index is 0.0791. The molecule has 0 fully saturated rings. The Hall–Kier alpha value is -2.83. The number of amides is 1. The summed E-state index contributed by atoms with van der Waals surface area (Å²) in [4.78, 5) is 29.6. The van der Waals surface area contributed by atoms with Gasteiger partial charge in [0.15, 0.2) is 24.5 Å². The van der Waals surface area contributed by atoms with Crippen LogP contribution in [0.25, 0.3) is 10.2 Å². The lowest BCUT2D eigenvalue weighted by Gasteiger charge is -2.08. The molecule has 0 aliphatic rings. The number of benzene rings is 2. The van der Waals surface area contributed by atoms with E-state index in [0.29, 0.717) is 15.8 Å². The topological polar surface area (TPSA) is 129 Å². The average molecular weight is 539 g/mol. The molecule has 0 saturated carbocycles. The van der Waals surface area contributed by atoms with Crippen molar-refractivity contribution in [3.05, 3.63) is 52.8 Å². The van der Waals surface area contributed by atoms with Crippen molar-refractivity contribution in [2.45, 2.75) is 48.8 Å². The fourth-order valence-corrected chi connectivity index (χ4v) is 6.12. The van der Waals surface area contributed by atoms with Crippen molar-refractivity contribution in [2.24, 2.45) is 4.99 Å². The zero-order chi connectivity index (χ0) is 26.0. The van der Waals surface area contributed by atoms with Gasteiger partial charge >= 0.3 is 5.97 Å². The Morgan fingerprint density at radius 2 is 1.66 bits per heavy atom. The Bertz CT molecular complexity index is 1550. The summed E-state index contributed by atoms with van der Waals surface area (Å²) in [5, 5.41) is -0.559. The molecule has 9 nitrogen and oxygen atoms in total. The van der Waals surface area contributed by atoms with Gasteiger partial charge in [-0.3, -0.25) is 9.59 Å². The van der Waals surface area contributed by atoms with Crippen LogP contribution in [0.15, 0.2) is 57.2 Å². The van der Waals surface area contributed by atoms with E-state index in [1.165, 1.54) is 28.8 Å².